The topological polar surface area (TPSA) is 83.6 Å². The third kappa shape index (κ3) is 2.23. The van der Waals surface area contributed by atoms with Gasteiger partial charge in [-0.1, -0.05) is 6.92 Å². The molecule has 1 rings (SSSR count). The number of nitrogens with zero attached hydrogens (tertiary/aromatic N) is 1. The van der Waals surface area contributed by atoms with Gasteiger partial charge in [-0.05, 0) is 5.92 Å². The van der Waals surface area contributed by atoms with Crippen molar-refractivity contribution in [2.45, 2.75) is 13.3 Å². The molecule has 14 heavy (non-hydrogen) atoms. The van der Waals surface area contributed by atoms with Crippen LogP contribution in [0.3, 0.4) is 0 Å². The lowest BCUT2D eigenvalue weighted by molar-refractivity contribution is -0.142. The highest BCUT2D eigenvalue weighted by molar-refractivity contribution is 5.79. The number of carbonyl (C=O) groups is 2. The summed E-state index contributed by atoms with van der Waals surface area (Å²) in [5, 5.41) is 8.85. The van der Waals surface area contributed by atoms with Gasteiger partial charge in [0.05, 0.1) is 5.92 Å². The van der Waals surface area contributed by atoms with E-state index in [0.29, 0.717) is 26.1 Å². The Morgan fingerprint density at radius 3 is 2.57 bits per heavy atom. The molecule has 1 saturated heterocycles. The van der Waals surface area contributed by atoms with Crippen LogP contribution in [0.4, 0.5) is 0 Å². The van der Waals surface area contributed by atoms with Crippen LogP contribution < -0.4 is 5.73 Å². The smallest absolute Gasteiger partial charge is 0.308 e. The number of amides is 1. The second kappa shape index (κ2) is 4.41. The quantitative estimate of drug-likeness (QED) is 0.644. The zero-order valence-corrected chi connectivity index (χ0v) is 8.27. The minimum absolute atomic E-state index is 0.0363. The first-order valence-corrected chi connectivity index (χ1v) is 4.77. The summed E-state index contributed by atoms with van der Waals surface area (Å²) >= 11 is 0. The average Bonchev–Trinajstić information content (AvgIpc) is 2.48. The molecule has 0 bridgehead atoms. The first-order valence-electron chi connectivity index (χ1n) is 4.77. The van der Waals surface area contributed by atoms with Crippen LogP contribution >= 0.6 is 0 Å². The van der Waals surface area contributed by atoms with Crippen molar-refractivity contribution in [1.82, 2.24) is 4.90 Å². The van der Waals surface area contributed by atoms with Gasteiger partial charge in [-0.2, -0.15) is 0 Å². The van der Waals surface area contributed by atoms with Crippen molar-refractivity contribution < 1.29 is 14.7 Å². The highest BCUT2D eigenvalue weighted by atomic mass is 16.4. The zero-order chi connectivity index (χ0) is 10.7. The number of aliphatic carboxylic acids is 1. The second-order valence-corrected chi connectivity index (χ2v) is 3.76. The predicted octanol–water partition coefficient (Wildman–Crippen LogP) is -0.486. The van der Waals surface area contributed by atoms with Gasteiger partial charge in [0, 0.05) is 26.1 Å². The monoisotopic (exact) mass is 200 g/mol. The Balaban J connectivity index is 2.54. The molecule has 5 heteroatoms. The van der Waals surface area contributed by atoms with Gasteiger partial charge in [-0.3, -0.25) is 9.59 Å². The Morgan fingerprint density at radius 1 is 1.50 bits per heavy atom. The van der Waals surface area contributed by atoms with Gasteiger partial charge in [0.1, 0.15) is 0 Å². The molecule has 80 valence electrons. The van der Waals surface area contributed by atoms with Crippen LogP contribution in [-0.4, -0.2) is 41.5 Å². The fourth-order valence-corrected chi connectivity index (χ4v) is 1.77. The zero-order valence-electron chi connectivity index (χ0n) is 8.27. The molecule has 5 nitrogen and oxygen atoms in total. The van der Waals surface area contributed by atoms with Crippen LogP contribution in [0.5, 0.6) is 0 Å². The van der Waals surface area contributed by atoms with Crippen LogP contribution in [0.25, 0.3) is 0 Å². The molecule has 1 amide bonds. The van der Waals surface area contributed by atoms with E-state index in [1.807, 2.05) is 6.92 Å². The number of rotatable bonds is 3. The Kier molecular flexibility index (Phi) is 3.46. The van der Waals surface area contributed by atoms with Crippen molar-refractivity contribution >= 4 is 11.9 Å². The Morgan fingerprint density at radius 2 is 2.14 bits per heavy atom. The van der Waals surface area contributed by atoms with Gasteiger partial charge >= 0.3 is 5.97 Å². The third-order valence-electron chi connectivity index (χ3n) is 2.64. The number of carboxylic acids is 1. The van der Waals surface area contributed by atoms with Crippen LogP contribution in [0.15, 0.2) is 0 Å². The molecule has 1 aliphatic heterocycles. The highest BCUT2D eigenvalue weighted by Gasteiger charge is 2.36. The van der Waals surface area contributed by atoms with E-state index >= 15 is 0 Å². The molecule has 0 radical (unpaired) electrons. The van der Waals surface area contributed by atoms with E-state index in [-0.39, 0.29) is 11.8 Å². The Hall–Kier alpha value is -1.10. The van der Waals surface area contributed by atoms with Crippen molar-refractivity contribution in [2.75, 3.05) is 19.6 Å². The molecular weight excluding hydrogens is 184 g/mol. The number of nitrogens with two attached hydrogens (primary N) is 1. The molecule has 0 saturated carbocycles. The lowest BCUT2D eigenvalue weighted by Crippen LogP contribution is -2.31. The summed E-state index contributed by atoms with van der Waals surface area (Å²) in [7, 11) is 0. The Labute approximate surface area is 82.9 Å². The van der Waals surface area contributed by atoms with E-state index in [2.05, 4.69) is 0 Å². The summed E-state index contributed by atoms with van der Waals surface area (Å²) in [6, 6.07) is 0. The lowest BCUT2D eigenvalue weighted by atomic mass is 9.99. The van der Waals surface area contributed by atoms with Crippen molar-refractivity contribution in [3.8, 4) is 0 Å². The molecule has 0 aromatic rings. The SMILES string of the molecule is C[C@@H]1CN(C(=O)CCN)C[C@H]1C(=O)O. The number of carboxylic acid groups (broad SMARTS) is 1. The third-order valence-corrected chi connectivity index (χ3v) is 2.64. The Bertz CT molecular complexity index is 242. The fourth-order valence-electron chi connectivity index (χ4n) is 1.77. The number of carbonyl (C=O) groups excluding carboxylic acids is 1. The van der Waals surface area contributed by atoms with Crippen molar-refractivity contribution in [1.29, 1.82) is 0 Å². The summed E-state index contributed by atoms with van der Waals surface area (Å²) < 4.78 is 0. The summed E-state index contributed by atoms with van der Waals surface area (Å²) in [5.74, 6) is -1.24. The van der Waals surface area contributed by atoms with Gasteiger partial charge in [-0.15, -0.1) is 0 Å². The molecule has 0 unspecified atom stereocenters. The van der Waals surface area contributed by atoms with Crippen molar-refractivity contribution in [2.24, 2.45) is 17.6 Å². The van der Waals surface area contributed by atoms with Gasteiger partial charge in [-0.25, -0.2) is 0 Å². The molecule has 0 aromatic carbocycles. The fraction of sp³-hybridized carbons (Fsp3) is 0.778. The first-order chi connectivity index (χ1) is 6.56. The standard InChI is InChI=1S/C9H16N2O3/c1-6-4-11(8(12)2-3-10)5-7(6)9(13)14/h6-7H,2-5,10H2,1H3,(H,13,14)/t6-,7-/m1/s1. The van der Waals surface area contributed by atoms with Gasteiger partial charge in [0.15, 0.2) is 0 Å². The van der Waals surface area contributed by atoms with E-state index in [9.17, 15) is 9.59 Å². The molecule has 1 fully saturated rings. The molecular formula is C9H16N2O3. The summed E-state index contributed by atoms with van der Waals surface area (Å²) in [4.78, 5) is 23.8. The van der Waals surface area contributed by atoms with Gasteiger partial charge in [0.2, 0.25) is 5.91 Å². The minimum atomic E-state index is -0.819. The van der Waals surface area contributed by atoms with E-state index in [1.165, 1.54) is 0 Å². The second-order valence-electron chi connectivity index (χ2n) is 3.76. The number of hydrogen-bond acceptors (Lipinski definition) is 3. The summed E-state index contributed by atoms with van der Waals surface area (Å²) in [6.45, 7) is 3.04. The van der Waals surface area contributed by atoms with E-state index in [4.69, 9.17) is 10.8 Å². The molecule has 0 aliphatic carbocycles. The molecule has 3 N–H and O–H groups in total. The maximum absolute atomic E-state index is 11.4. The van der Waals surface area contributed by atoms with Crippen LogP contribution in [0.1, 0.15) is 13.3 Å². The maximum Gasteiger partial charge on any atom is 0.308 e. The average molecular weight is 200 g/mol. The van der Waals surface area contributed by atoms with Crippen LogP contribution in [-0.2, 0) is 9.59 Å². The highest BCUT2D eigenvalue weighted by Crippen LogP contribution is 2.23. The van der Waals surface area contributed by atoms with Crippen LogP contribution in [0.2, 0.25) is 0 Å². The number of likely N-dealkylation sites (tertiary alicyclic amines) is 1. The summed E-state index contributed by atoms with van der Waals surface area (Å²) in [5.41, 5.74) is 5.26. The van der Waals surface area contributed by atoms with E-state index in [0.717, 1.165) is 0 Å². The minimum Gasteiger partial charge on any atom is -0.481 e. The van der Waals surface area contributed by atoms with Crippen LogP contribution in [0, 0.1) is 11.8 Å². The number of hydrogen-bond donors (Lipinski definition) is 2. The van der Waals surface area contributed by atoms with Crippen molar-refractivity contribution in [3.63, 3.8) is 0 Å². The van der Waals surface area contributed by atoms with Gasteiger partial charge < -0.3 is 15.7 Å². The molecule has 2 atom stereocenters. The molecule has 0 spiro atoms. The molecule has 0 aromatic heterocycles. The predicted molar refractivity (Wildman–Crippen MR) is 50.5 cm³/mol. The molecule has 1 aliphatic rings. The van der Waals surface area contributed by atoms with Gasteiger partial charge in [0.25, 0.3) is 0 Å². The lowest BCUT2D eigenvalue weighted by Gasteiger charge is -2.14. The first kappa shape index (κ1) is 11.0. The normalized spacial score (nSPS) is 26.6. The largest absolute Gasteiger partial charge is 0.481 e. The van der Waals surface area contributed by atoms with Crippen molar-refractivity contribution in [3.05, 3.63) is 0 Å². The van der Waals surface area contributed by atoms with E-state index in [1.54, 1.807) is 4.90 Å². The van der Waals surface area contributed by atoms with E-state index < -0.39 is 11.9 Å². The molecule has 1 heterocycles. The summed E-state index contributed by atoms with van der Waals surface area (Å²) in [6.07, 6.45) is 0.305. The maximum atomic E-state index is 11.4.